The Morgan fingerprint density at radius 2 is 2.11 bits per heavy atom. The van der Waals surface area contributed by atoms with E-state index in [0.717, 1.165) is 5.69 Å². The molecule has 1 rings (SSSR count). The molecule has 0 radical (unpaired) electrons. The first-order valence-electron chi connectivity index (χ1n) is 6.40. The third-order valence-corrected chi connectivity index (χ3v) is 2.85. The molecule has 0 spiro atoms. The van der Waals surface area contributed by atoms with Crippen molar-refractivity contribution in [2.75, 3.05) is 0 Å². The molecular weight excluding hydrogens is 246 g/mol. The highest BCUT2D eigenvalue weighted by atomic mass is 16.4. The van der Waals surface area contributed by atoms with Crippen LogP contribution in [0.5, 0.6) is 0 Å². The first-order chi connectivity index (χ1) is 8.90. The summed E-state index contributed by atoms with van der Waals surface area (Å²) in [4.78, 5) is 29.8. The van der Waals surface area contributed by atoms with E-state index < -0.39 is 12.0 Å². The van der Waals surface area contributed by atoms with Gasteiger partial charge in [0.15, 0.2) is 0 Å². The number of rotatable bonds is 7. The van der Waals surface area contributed by atoms with E-state index in [-0.39, 0.29) is 17.7 Å². The Morgan fingerprint density at radius 1 is 1.42 bits per heavy atom. The van der Waals surface area contributed by atoms with Gasteiger partial charge in [-0.1, -0.05) is 20.8 Å². The number of amides is 1. The number of carbonyl (C=O) groups is 2. The predicted molar refractivity (Wildman–Crippen MR) is 70.5 cm³/mol. The lowest BCUT2D eigenvalue weighted by molar-refractivity contribution is -0.142. The molecular formula is C13H21N3O3. The number of carbonyl (C=O) groups excluding carboxylic acids is 1. The van der Waals surface area contributed by atoms with Gasteiger partial charge in [0.1, 0.15) is 6.04 Å². The highest BCUT2D eigenvalue weighted by Crippen LogP contribution is 2.09. The topological polar surface area (TPSA) is 95.1 Å². The maximum absolute atomic E-state index is 12.0. The summed E-state index contributed by atoms with van der Waals surface area (Å²) in [6.45, 7) is 5.62. The third-order valence-electron chi connectivity index (χ3n) is 2.85. The number of nitrogens with one attached hydrogen (secondary N) is 2. The number of aromatic amines is 1. The Labute approximate surface area is 112 Å². The molecule has 0 fully saturated rings. The lowest BCUT2D eigenvalue weighted by atomic mass is 10.0. The Kier molecular flexibility index (Phi) is 5.54. The van der Waals surface area contributed by atoms with Gasteiger partial charge in [0.05, 0.1) is 6.33 Å². The number of aliphatic carboxylic acids is 1. The lowest BCUT2D eigenvalue weighted by Gasteiger charge is -2.19. The summed E-state index contributed by atoms with van der Waals surface area (Å²) >= 11 is 0. The Hall–Kier alpha value is -1.85. The minimum Gasteiger partial charge on any atom is -0.480 e. The fourth-order valence-electron chi connectivity index (χ4n) is 1.83. The van der Waals surface area contributed by atoms with Gasteiger partial charge < -0.3 is 15.4 Å². The number of H-pyrrole nitrogens is 1. The largest absolute Gasteiger partial charge is 0.480 e. The van der Waals surface area contributed by atoms with Crippen LogP contribution in [0.2, 0.25) is 0 Å². The number of nitrogens with zero attached hydrogens (tertiary/aromatic N) is 1. The molecule has 1 unspecified atom stereocenters. The van der Waals surface area contributed by atoms with Crippen molar-refractivity contribution in [1.29, 1.82) is 0 Å². The zero-order chi connectivity index (χ0) is 14.4. The average Bonchev–Trinajstić information content (AvgIpc) is 2.79. The summed E-state index contributed by atoms with van der Waals surface area (Å²) in [6.07, 6.45) is 4.16. The number of hydrogen-bond acceptors (Lipinski definition) is 3. The van der Waals surface area contributed by atoms with E-state index in [2.05, 4.69) is 15.3 Å². The molecule has 6 nitrogen and oxygen atoms in total. The van der Waals surface area contributed by atoms with Crippen LogP contribution >= 0.6 is 0 Å². The molecule has 1 aromatic heterocycles. The van der Waals surface area contributed by atoms with Crippen molar-refractivity contribution < 1.29 is 14.7 Å². The summed E-state index contributed by atoms with van der Waals surface area (Å²) in [5, 5.41) is 11.7. The molecule has 6 heteroatoms. The zero-order valence-electron chi connectivity index (χ0n) is 11.5. The molecule has 1 aromatic rings. The fourth-order valence-corrected chi connectivity index (χ4v) is 1.83. The molecule has 19 heavy (non-hydrogen) atoms. The summed E-state index contributed by atoms with van der Waals surface area (Å²) in [6, 6.07) is -0.822. The monoisotopic (exact) mass is 267 g/mol. The number of aromatic nitrogens is 2. The van der Waals surface area contributed by atoms with Crippen LogP contribution in [0.1, 0.15) is 32.9 Å². The van der Waals surface area contributed by atoms with E-state index in [9.17, 15) is 9.59 Å². The molecule has 0 bridgehead atoms. The van der Waals surface area contributed by atoms with Crippen molar-refractivity contribution in [2.45, 2.75) is 39.7 Å². The Morgan fingerprint density at radius 3 is 2.58 bits per heavy atom. The molecule has 0 aliphatic heterocycles. The van der Waals surface area contributed by atoms with Crippen molar-refractivity contribution in [2.24, 2.45) is 11.8 Å². The molecule has 1 heterocycles. The summed E-state index contributed by atoms with van der Waals surface area (Å²) < 4.78 is 0. The van der Waals surface area contributed by atoms with Crippen molar-refractivity contribution in [3.8, 4) is 0 Å². The van der Waals surface area contributed by atoms with Crippen LogP contribution in [-0.4, -0.2) is 33.0 Å². The predicted octanol–water partition coefficient (Wildman–Crippen LogP) is 1.20. The van der Waals surface area contributed by atoms with Crippen molar-refractivity contribution >= 4 is 11.9 Å². The van der Waals surface area contributed by atoms with Crippen molar-refractivity contribution in [3.05, 3.63) is 18.2 Å². The van der Waals surface area contributed by atoms with Crippen molar-refractivity contribution in [1.82, 2.24) is 15.3 Å². The van der Waals surface area contributed by atoms with Crippen LogP contribution < -0.4 is 5.32 Å². The van der Waals surface area contributed by atoms with Crippen LogP contribution in [0.4, 0.5) is 0 Å². The van der Waals surface area contributed by atoms with Crippen LogP contribution in [-0.2, 0) is 16.0 Å². The van der Waals surface area contributed by atoms with Crippen LogP contribution in [0.15, 0.2) is 12.5 Å². The van der Waals surface area contributed by atoms with Gasteiger partial charge in [-0.15, -0.1) is 0 Å². The normalized spacial score (nSPS) is 14.1. The van der Waals surface area contributed by atoms with E-state index in [1.165, 1.54) is 0 Å². The van der Waals surface area contributed by atoms with Gasteiger partial charge in [-0.3, -0.25) is 4.79 Å². The van der Waals surface area contributed by atoms with Gasteiger partial charge in [0, 0.05) is 24.2 Å². The molecule has 106 valence electrons. The molecule has 0 saturated carbocycles. The second-order valence-electron chi connectivity index (χ2n) is 5.21. The fraction of sp³-hybridized carbons (Fsp3) is 0.615. The molecule has 0 aromatic carbocycles. The first-order valence-corrected chi connectivity index (χ1v) is 6.40. The van der Waals surface area contributed by atoms with Gasteiger partial charge in [0.25, 0.3) is 0 Å². The maximum Gasteiger partial charge on any atom is 0.326 e. The summed E-state index contributed by atoms with van der Waals surface area (Å²) in [5.41, 5.74) is 0.860. The van der Waals surface area contributed by atoms with Crippen LogP contribution in [0, 0.1) is 11.8 Å². The molecule has 3 N–H and O–H groups in total. The van der Waals surface area contributed by atoms with Crippen LogP contribution in [0.3, 0.4) is 0 Å². The number of carboxylic acids is 1. The minimum absolute atomic E-state index is 0.212. The summed E-state index contributed by atoms with van der Waals surface area (Å²) in [5.74, 6) is -1.32. The Bertz CT molecular complexity index is 415. The minimum atomic E-state index is -0.990. The average molecular weight is 267 g/mol. The van der Waals surface area contributed by atoms with E-state index >= 15 is 0 Å². The molecule has 1 amide bonds. The highest BCUT2D eigenvalue weighted by Gasteiger charge is 2.23. The highest BCUT2D eigenvalue weighted by molar-refractivity contribution is 5.84. The second-order valence-corrected chi connectivity index (χ2v) is 5.21. The SMILES string of the molecule is CC(C)C[C@H](NC(=O)C(C)Cc1cnc[nH]1)C(=O)O. The number of carboxylic acid groups (broad SMARTS) is 1. The standard InChI is InChI=1S/C13H21N3O3/c1-8(2)4-11(13(18)19)16-12(17)9(3)5-10-6-14-7-15-10/h6-9,11H,4-5H2,1-3H3,(H,14,15)(H,16,17)(H,18,19)/t9?,11-/m0/s1. The van der Waals surface area contributed by atoms with E-state index in [4.69, 9.17) is 5.11 Å². The smallest absolute Gasteiger partial charge is 0.326 e. The van der Waals surface area contributed by atoms with E-state index in [1.807, 2.05) is 13.8 Å². The molecule has 0 saturated heterocycles. The van der Waals surface area contributed by atoms with Crippen LogP contribution in [0.25, 0.3) is 0 Å². The van der Waals surface area contributed by atoms with Gasteiger partial charge in [-0.25, -0.2) is 9.78 Å². The summed E-state index contributed by atoms with van der Waals surface area (Å²) in [7, 11) is 0. The second kappa shape index (κ2) is 6.92. The maximum atomic E-state index is 12.0. The quantitative estimate of drug-likeness (QED) is 0.692. The van der Waals surface area contributed by atoms with Gasteiger partial charge in [0.2, 0.25) is 5.91 Å². The van der Waals surface area contributed by atoms with Gasteiger partial charge in [-0.05, 0) is 12.3 Å². The van der Waals surface area contributed by atoms with Gasteiger partial charge >= 0.3 is 5.97 Å². The molecule has 0 aliphatic rings. The zero-order valence-corrected chi connectivity index (χ0v) is 11.5. The number of imidazole rings is 1. The lowest BCUT2D eigenvalue weighted by Crippen LogP contribution is -2.44. The number of hydrogen-bond donors (Lipinski definition) is 3. The molecule has 2 atom stereocenters. The first kappa shape index (κ1) is 15.2. The van der Waals surface area contributed by atoms with E-state index in [1.54, 1.807) is 19.4 Å². The third kappa shape index (κ3) is 5.11. The Balaban J connectivity index is 2.53. The van der Waals surface area contributed by atoms with Crippen molar-refractivity contribution in [3.63, 3.8) is 0 Å². The van der Waals surface area contributed by atoms with Gasteiger partial charge in [-0.2, -0.15) is 0 Å². The van der Waals surface area contributed by atoms with E-state index in [0.29, 0.717) is 12.8 Å². The molecule has 0 aliphatic carbocycles.